The monoisotopic (exact) mass is 452 g/mol. The molecule has 0 saturated heterocycles. The van der Waals surface area contributed by atoms with E-state index in [2.05, 4.69) is 15.4 Å². The van der Waals surface area contributed by atoms with Crippen molar-refractivity contribution in [2.24, 2.45) is 0 Å². The standard InChI is InChI=1S/C20H25ClN4O4S/c1-25(15-16-6-3-2-4-7-16)20(27)23-11-10-19(26)22-12-13-24-30(28,29)18-9-5-8-17(21)14-18/h2-9,14,24H,10-13,15H2,1H3,(H,22,26)(H,23,27). The topological polar surface area (TPSA) is 108 Å². The molecule has 3 amide bonds. The number of halogens is 1. The number of benzene rings is 2. The molecule has 0 heterocycles. The summed E-state index contributed by atoms with van der Waals surface area (Å²) in [6.07, 6.45) is 0.0892. The summed E-state index contributed by atoms with van der Waals surface area (Å²) in [6, 6.07) is 15.2. The van der Waals surface area contributed by atoms with Crippen molar-refractivity contribution in [1.29, 1.82) is 0 Å². The first kappa shape index (κ1) is 23.7. The Morgan fingerprint density at radius 2 is 1.70 bits per heavy atom. The molecule has 0 aliphatic heterocycles. The fourth-order valence-electron chi connectivity index (χ4n) is 2.54. The van der Waals surface area contributed by atoms with Crippen LogP contribution in [0.2, 0.25) is 5.02 Å². The van der Waals surface area contributed by atoms with Gasteiger partial charge in [0.25, 0.3) is 0 Å². The molecule has 3 N–H and O–H groups in total. The molecule has 162 valence electrons. The summed E-state index contributed by atoms with van der Waals surface area (Å²) in [4.78, 5) is 25.5. The van der Waals surface area contributed by atoms with Gasteiger partial charge in [-0.3, -0.25) is 4.79 Å². The van der Waals surface area contributed by atoms with E-state index in [-0.39, 0.29) is 42.9 Å². The summed E-state index contributed by atoms with van der Waals surface area (Å²) in [5.41, 5.74) is 1.01. The summed E-state index contributed by atoms with van der Waals surface area (Å²) in [5.74, 6) is -0.289. The van der Waals surface area contributed by atoms with Gasteiger partial charge in [-0.05, 0) is 23.8 Å². The average molecular weight is 453 g/mol. The predicted molar refractivity (Wildman–Crippen MR) is 116 cm³/mol. The van der Waals surface area contributed by atoms with Crippen molar-refractivity contribution in [2.75, 3.05) is 26.7 Å². The van der Waals surface area contributed by atoms with E-state index < -0.39 is 10.0 Å². The van der Waals surface area contributed by atoms with Crippen LogP contribution in [0.1, 0.15) is 12.0 Å². The minimum Gasteiger partial charge on any atom is -0.355 e. The smallest absolute Gasteiger partial charge is 0.317 e. The Morgan fingerprint density at radius 1 is 0.967 bits per heavy atom. The molecule has 0 unspecified atom stereocenters. The normalized spacial score (nSPS) is 11.0. The molecule has 0 aliphatic carbocycles. The minimum absolute atomic E-state index is 0.0345. The number of carbonyl (C=O) groups is 2. The van der Waals surface area contributed by atoms with Gasteiger partial charge in [0.1, 0.15) is 0 Å². The van der Waals surface area contributed by atoms with Crippen LogP contribution in [0.25, 0.3) is 0 Å². The summed E-state index contributed by atoms with van der Waals surface area (Å²) in [7, 11) is -2.02. The van der Waals surface area contributed by atoms with E-state index >= 15 is 0 Å². The van der Waals surface area contributed by atoms with Crippen LogP contribution in [0, 0.1) is 0 Å². The van der Waals surface area contributed by atoms with E-state index in [0.29, 0.717) is 11.6 Å². The lowest BCUT2D eigenvalue weighted by Crippen LogP contribution is -2.39. The fraction of sp³-hybridized carbons (Fsp3) is 0.300. The van der Waals surface area contributed by atoms with Crippen molar-refractivity contribution < 1.29 is 18.0 Å². The number of amides is 3. The lowest BCUT2D eigenvalue weighted by atomic mass is 10.2. The van der Waals surface area contributed by atoms with Crippen molar-refractivity contribution in [3.05, 3.63) is 65.2 Å². The van der Waals surface area contributed by atoms with Gasteiger partial charge < -0.3 is 15.5 Å². The maximum Gasteiger partial charge on any atom is 0.317 e. The summed E-state index contributed by atoms with van der Waals surface area (Å²) in [6.45, 7) is 0.803. The minimum atomic E-state index is -3.69. The molecule has 30 heavy (non-hydrogen) atoms. The van der Waals surface area contributed by atoms with Gasteiger partial charge in [0.15, 0.2) is 0 Å². The summed E-state index contributed by atoms with van der Waals surface area (Å²) >= 11 is 5.80. The molecule has 0 saturated carbocycles. The lowest BCUT2D eigenvalue weighted by Gasteiger charge is -2.18. The van der Waals surface area contributed by atoms with E-state index in [1.165, 1.54) is 17.0 Å². The predicted octanol–water partition coefficient (Wildman–Crippen LogP) is 1.97. The van der Waals surface area contributed by atoms with E-state index in [1.807, 2.05) is 30.3 Å². The van der Waals surface area contributed by atoms with Crippen LogP contribution in [0.3, 0.4) is 0 Å². The first-order valence-corrected chi connectivity index (χ1v) is 11.2. The third-order valence-electron chi connectivity index (χ3n) is 4.08. The lowest BCUT2D eigenvalue weighted by molar-refractivity contribution is -0.120. The third kappa shape index (κ3) is 8.02. The van der Waals surface area contributed by atoms with Crippen molar-refractivity contribution in [1.82, 2.24) is 20.3 Å². The number of rotatable bonds is 10. The average Bonchev–Trinajstić information content (AvgIpc) is 2.72. The van der Waals surface area contributed by atoms with Crippen LogP contribution in [0.4, 0.5) is 4.79 Å². The summed E-state index contributed by atoms with van der Waals surface area (Å²) in [5, 5.41) is 5.60. The van der Waals surface area contributed by atoms with Crippen molar-refractivity contribution in [3.63, 3.8) is 0 Å². The molecule has 0 bridgehead atoms. The molecule has 0 aromatic heterocycles. The number of urea groups is 1. The van der Waals surface area contributed by atoms with Gasteiger partial charge in [-0.1, -0.05) is 48.0 Å². The molecule has 0 fully saturated rings. The molecule has 2 aromatic carbocycles. The van der Waals surface area contributed by atoms with Crippen LogP contribution in [0.5, 0.6) is 0 Å². The van der Waals surface area contributed by atoms with Crippen LogP contribution >= 0.6 is 11.6 Å². The second-order valence-corrected chi connectivity index (χ2v) is 8.73. The summed E-state index contributed by atoms with van der Waals surface area (Å²) < 4.78 is 26.7. The highest BCUT2D eigenvalue weighted by Crippen LogP contribution is 2.14. The second-order valence-electron chi connectivity index (χ2n) is 6.53. The van der Waals surface area contributed by atoms with Gasteiger partial charge in [-0.2, -0.15) is 0 Å². The van der Waals surface area contributed by atoms with Crippen LogP contribution < -0.4 is 15.4 Å². The fourth-order valence-corrected chi connectivity index (χ4v) is 3.87. The zero-order valence-corrected chi connectivity index (χ0v) is 18.2. The molecule has 0 atom stereocenters. The Labute approximate surface area is 181 Å². The van der Waals surface area contributed by atoms with Gasteiger partial charge in [0.05, 0.1) is 4.90 Å². The maximum absolute atomic E-state index is 12.1. The number of nitrogens with one attached hydrogen (secondary N) is 3. The largest absolute Gasteiger partial charge is 0.355 e. The molecule has 2 rings (SSSR count). The number of carbonyl (C=O) groups excluding carboxylic acids is 2. The van der Waals surface area contributed by atoms with Crippen LogP contribution in [-0.4, -0.2) is 51.9 Å². The Kier molecular flexibility index (Phi) is 9.10. The number of sulfonamides is 1. The second kappa shape index (κ2) is 11.5. The first-order valence-electron chi connectivity index (χ1n) is 9.33. The molecule has 2 aromatic rings. The highest BCUT2D eigenvalue weighted by atomic mass is 35.5. The van der Waals surface area contributed by atoms with Crippen LogP contribution in [-0.2, 0) is 21.4 Å². The third-order valence-corrected chi connectivity index (χ3v) is 5.78. The Hall–Kier alpha value is -2.62. The van der Waals surface area contributed by atoms with Gasteiger partial charge in [-0.25, -0.2) is 17.9 Å². The van der Waals surface area contributed by atoms with E-state index in [4.69, 9.17) is 11.6 Å². The van der Waals surface area contributed by atoms with Gasteiger partial charge in [0.2, 0.25) is 15.9 Å². The molecule has 0 spiro atoms. The quantitative estimate of drug-likeness (QED) is 0.479. The molecular formula is C20H25ClN4O4S. The Balaban J connectivity index is 1.62. The van der Waals surface area contributed by atoms with E-state index in [1.54, 1.807) is 19.2 Å². The molecule has 0 aliphatic rings. The highest BCUT2D eigenvalue weighted by molar-refractivity contribution is 7.89. The molecular weight excluding hydrogens is 428 g/mol. The maximum atomic E-state index is 12.1. The number of hydrogen-bond acceptors (Lipinski definition) is 4. The van der Waals surface area contributed by atoms with Crippen molar-refractivity contribution >= 4 is 33.6 Å². The molecule has 0 radical (unpaired) electrons. The van der Waals surface area contributed by atoms with E-state index in [9.17, 15) is 18.0 Å². The zero-order chi connectivity index (χ0) is 22.0. The van der Waals surface area contributed by atoms with Crippen molar-refractivity contribution in [3.8, 4) is 0 Å². The molecule has 10 heteroatoms. The van der Waals surface area contributed by atoms with Crippen molar-refractivity contribution in [2.45, 2.75) is 17.9 Å². The van der Waals surface area contributed by atoms with Gasteiger partial charge >= 0.3 is 6.03 Å². The number of hydrogen-bond donors (Lipinski definition) is 3. The number of nitrogens with zero attached hydrogens (tertiary/aromatic N) is 1. The molecule has 8 nitrogen and oxygen atoms in total. The van der Waals surface area contributed by atoms with E-state index in [0.717, 1.165) is 5.56 Å². The zero-order valence-electron chi connectivity index (χ0n) is 16.6. The first-order chi connectivity index (χ1) is 14.3. The van der Waals surface area contributed by atoms with Gasteiger partial charge in [-0.15, -0.1) is 0 Å². The Morgan fingerprint density at radius 3 is 2.40 bits per heavy atom. The highest BCUT2D eigenvalue weighted by Gasteiger charge is 2.14. The van der Waals surface area contributed by atoms with Gasteiger partial charge in [0, 0.05) is 44.7 Å². The Bertz CT molecular complexity index is 954. The van der Waals surface area contributed by atoms with Crippen LogP contribution in [0.15, 0.2) is 59.5 Å². The SMILES string of the molecule is CN(Cc1ccccc1)C(=O)NCCC(=O)NCCNS(=O)(=O)c1cccc(Cl)c1.